The summed E-state index contributed by atoms with van der Waals surface area (Å²) in [5, 5.41) is 2.28. The van der Waals surface area contributed by atoms with Crippen LogP contribution in [0.5, 0.6) is 5.75 Å². The molecular formula is C19H18F2N2O3S. The third-order valence-electron chi connectivity index (χ3n) is 3.96. The zero-order valence-electron chi connectivity index (χ0n) is 17.2. The quantitative estimate of drug-likeness (QED) is 0.695. The highest BCUT2D eigenvalue weighted by atomic mass is 32.2. The van der Waals surface area contributed by atoms with Crippen molar-refractivity contribution >= 4 is 10.0 Å². The van der Waals surface area contributed by atoms with Crippen LogP contribution in [-0.2, 0) is 16.6 Å². The Bertz CT molecular complexity index is 1160. The topological polar surface area (TPSA) is 60.3 Å². The number of nitrogens with zero attached hydrogens (tertiary/aromatic N) is 1. The van der Waals surface area contributed by atoms with Gasteiger partial charge in [-0.25, -0.2) is 21.2 Å². The fourth-order valence-electron chi connectivity index (χ4n) is 2.65. The molecule has 8 heteroatoms. The second kappa shape index (κ2) is 7.50. The molecule has 0 bridgehead atoms. The molecule has 0 atom stereocenters. The van der Waals surface area contributed by atoms with Gasteiger partial charge in [0.1, 0.15) is 17.4 Å². The molecule has 0 amide bonds. The summed E-state index contributed by atoms with van der Waals surface area (Å²) in [7, 11) is -2.73. The largest absolute Gasteiger partial charge is 0.497 e. The van der Waals surface area contributed by atoms with Crippen molar-refractivity contribution in [3.05, 3.63) is 71.9 Å². The number of benzene rings is 2. The van der Waals surface area contributed by atoms with E-state index in [4.69, 9.17) is 8.85 Å². The zero-order valence-corrected chi connectivity index (χ0v) is 15.1. The first-order chi connectivity index (χ1) is 14.0. The molecule has 0 saturated carbocycles. The SMILES string of the molecule is [2H]C([2H])([2H])NCc1cc(-c2ccc(F)cc2F)n(S(=O)(=O)c2ccc(OC)cc2)c1. The van der Waals surface area contributed by atoms with Gasteiger partial charge in [-0.1, -0.05) is 0 Å². The molecule has 27 heavy (non-hydrogen) atoms. The minimum absolute atomic E-state index is 0.0642. The van der Waals surface area contributed by atoms with Crippen LogP contribution >= 0.6 is 0 Å². The van der Waals surface area contributed by atoms with Crippen molar-refractivity contribution in [3.63, 3.8) is 0 Å². The zero-order chi connectivity index (χ0) is 22.1. The summed E-state index contributed by atoms with van der Waals surface area (Å²) in [6.45, 7) is -2.63. The molecule has 0 spiro atoms. The second-order valence-corrected chi connectivity index (χ2v) is 7.50. The Balaban J connectivity index is 2.14. The Morgan fingerprint density at radius 1 is 1.15 bits per heavy atom. The Hall–Kier alpha value is -2.71. The smallest absolute Gasteiger partial charge is 0.268 e. The highest BCUT2D eigenvalue weighted by molar-refractivity contribution is 7.90. The Kier molecular flexibility index (Phi) is 4.26. The maximum absolute atomic E-state index is 14.4. The number of hydrogen-bond donors (Lipinski definition) is 1. The van der Waals surface area contributed by atoms with Gasteiger partial charge in [-0.3, -0.25) is 0 Å². The summed E-state index contributed by atoms with van der Waals surface area (Å²) in [6, 6.07) is 9.72. The van der Waals surface area contributed by atoms with Gasteiger partial charge >= 0.3 is 0 Å². The molecule has 3 aromatic rings. The number of aromatic nitrogens is 1. The van der Waals surface area contributed by atoms with Gasteiger partial charge in [0, 0.05) is 28.5 Å². The molecule has 0 fully saturated rings. The molecule has 142 valence electrons. The van der Waals surface area contributed by atoms with Crippen LogP contribution in [-0.4, -0.2) is 26.5 Å². The minimum atomic E-state index is -4.17. The van der Waals surface area contributed by atoms with Gasteiger partial charge in [-0.15, -0.1) is 0 Å². The number of hydrogen-bond acceptors (Lipinski definition) is 4. The lowest BCUT2D eigenvalue weighted by Crippen LogP contribution is -2.14. The van der Waals surface area contributed by atoms with Crippen molar-refractivity contribution in [1.29, 1.82) is 0 Å². The molecule has 0 unspecified atom stereocenters. The summed E-state index contributed by atoms with van der Waals surface area (Å²) < 4.78 is 81.8. The lowest BCUT2D eigenvalue weighted by Gasteiger charge is -2.12. The number of halogens is 2. The lowest BCUT2D eigenvalue weighted by atomic mass is 10.1. The third-order valence-corrected chi connectivity index (χ3v) is 5.65. The maximum atomic E-state index is 14.4. The number of nitrogens with one attached hydrogen (secondary N) is 1. The maximum Gasteiger partial charge on any atom is 0.268 e. The van der Waals surface area contributed by atoms with Crippen molar-refractivity contribution in [2.75, 3.05) is 14.1 Å². The van der Waals surface area contributed by atoms with Crippen molar-refractivity contribution in [2.24, 2.45) is 0 Å². The van der Waals surface area contributed by atoms with Gasteiger partial charge in [0.15, 0.2) is 0 Å². The molecule has 1 aromatic heterocycles. The number of methoxy groups -OCH3 is 1. The summed E-state index contributed by atoms with van der Waals surface area (Å²) >= 11 is 0. The Morgan fingerprint density at radius 3 is 2.52 bits per heavy atom. The molecule has 1 N–H and O–H groups in total. The van der Waals surface area contributed by atoms with Gasteiger partial charge in [-0.05, 0) is 55.0 Å². The highest BCUT2D eigenvalue weighted by Gasteiger charge is 2.23. The van der Waals surface area contributed by atoms with E-state index in [2.05, 4.69) is 5.32 Å². The first-order valence-corrected chi connectivity index (χ1v) is 9.26. The Labute approximate surface area is 160 Å². The molecule has 2 aromatic carbocycles. The summed E-state index contributed by atoms with van der Waals surface area (Å²) in [6.07, 6.45) is 1.20. The standard InChI is InChI=1S/C19H18F2N2O3S/c1-22-11-13-9-19(17-8-3-14(20)10-18(17)21)23(12-13)27(24,25)16-6-4-15(26-2)5-7-16/h3-10,12,22H,11H2,1-2H3/i1D3. The summed E-state index contributed by atoms with van der Waals surface area (Å²) in [5.41, 5.74) is 0.0845. The van der Waals surface area contributed by atoms with E-state index in [0.29, 0.717) is 17.4 Å². The van der Waals surface area contributed by atoms with Crippen molar-refractivity contribution in [3.8, 4) is 17.0 Å². The first kappa shape index (κ1) is 15.4. The van der Waals surface area contributed by atoms with E-state index in [1.807, 2.05) is 0 Å². The van der Waals surface area contributed by atoms with E-state index in [-0.39, 0.29) is 22.7 Å². The monoisotopic (exact) mass is 395 g/mol. The average Bonchev–Trinajstić information content (AvgIpc) is 3.11. The van der Waals surface area contributed by atoms with Gasteiger partial charge in [0.2, 0.25) is 0 Å². The lowest BCUT2D eigenvalue weighted by molar-refractivity contribution is 0.414. The molecule has 0 radical (unpaired) electrons. The molecule has 0 aliphatic carbocycles. The summed E-state index contributed by atoms with van der Waals surface area (Å²) in [5.74, 6) is -1.31. The Morgan fingerprint density at radius 2 is 1.89 bits per heavy atom. The molecule has 5 nitrogen and oxygen atoms in total. The predicted octanol–water partition coefficient (Wildman–Crippen LogP) is 3.40. The molecule has 1 heterocycles. The number of rotatable bonds is 6. The van der Waals surface area contributed by atoms with E-state index in [1.54, 1.807) is 0 Å². The molecule has 0 aliphatic rings. The fourth-order valence-corrected chi connectivity index (χ4v) is 4.04. The van der Waals surface area contributed by atoms with Crippen LogP contribution in [0.25, 0.3) is 11.3 Å². The van der Waals surface area contributed by atoms with Gasteiger partial charge in [0.25, 0.3) is 10.0 Å². The van der Waals surface area contributed by atoms with Crippen LogP contribution in [0, 0.1) is 11.6 Å². The van der Waals surface area contributed by atoms with E-state index >= 15 is 0 Å². The predicted molar refractivity (Wildman–Crippen MR) is 98.1 cm³/mol. The number of ether oxygens (including phenoxy) is 1. The van der Waals surface area contributed by atoms with Crippen molar-refractivity contribution < 1.29 is 26.0 Å². The van der Waals surface area contributed by atoms with Crippen LogP contribution in [0.4, 0.5) is 8.78 Å². The third kappa shape index (κ3) is 3.72. The second-order valence-electron chi connectivity index (χ2n) is 5.69. The molecule has 0 saturated heterocycles. The molecular weight excluding hydrogens is 374 g/mol. The van der Waals surface area contributed by atoms with E-state index in [9.17, 15) is 17.2 Å². The first-order valence-electron chi connectivity index (χ1n) is 9.32. The molecule has 3 rings (SSSR count). The van der Waals surface area contributed by atoms with E-state index < -0.39 is 28.6 Å². The van der Waals surface area contributed by atoms with Crippen LogP contribution in [0.1, 0.15) is 9.68 Å². The van der Waals surface area contributed by atoms with Crippen LogP contribution in [0.3, 0.4) is 0 Å². The van der Waals surface area contributed by atoms with Crippen molar-refractivity contribution in [2.45, 2.75) is 11.4 Å². The minimum Gasteiger partial charge on any atom is -0.497 e. The molecule has 0 aliphatic heterocycles. The van der Waals surface area contributed by atoms with Crippen LogP contribution in [0.15, 0.2) is 59.6 Å². The fraction of sp³-hybridized carbons (Fsp3) is 0.158. The van der Waals surface area contributed by atoms with Crippen molar-refractivity contribution in [1.82, 2.24) is 9.29 Å². The van der Waals surface area contributed by atoms with Gasteiger partial charge < -0.3 is 10.1 Å². The van der Waals surface area contributed by atoms with E-state index in [0.717, 1.165) is 16.1 Å². The van der Waals surface area contributed by atoms with E-state index in [1.165, 1.54) is 43.6 Å². The normalized spacial score (nSPS) is 13.7. The van der Waals surface area contributed by atoms with Crippen LogP contribution < -0.4 is 10.1 Å². The van der Waals surface area contributed by atoms with Crippen LogP contribution in [0.2, 0.25) is 0 Å². The summed E-state index contributed by atoms with van der Waals surface area (Å²) in [4.78, 5) is -0.0852. The van der Waals surface area contributed by atoms with Gasteiger partial charge in [-0.2, -0.15) is 0 Å². The van der Waals surface area contributed by atoms with Gasteiger partial charge in [0.05, 0.1) is 17.7 Å². The average molecular weight is 395 g/mol. The highest BCUT2D eigenvalue weighted by Crippen LogP contribution is 2.30.